The van der Waals surface area contributed by atoms with Gasteiger partial charge in [-0.1, -0.05) is 37.3 Å². The normalized spacial score (nSPS) is 19.8. The average Bonchev–Trinajstić information content (AvgIpc) is 3.37. The van der Waals surface area contributed by atoms with Crippen LogP contribution in [0.2, 0.25) is 0 Å². The van der Waals surface area contributed by atoms with Crippen molar-refractivity contribution in [3.05, 3.63) is 65.7 Å². The Morgan fingerprint density at radius 3 is 2.44 bits per heavy atom. The summed E-state index contributed by atoms with van der Waals surface area (Å²) < 4.78 is 0. The number of rotatable bonds is 5. The molecule has 1 N–H and O–H groups in total. The van der Waals surface area contributed by atoms with E-state index in [9.17, 15) is 9.59 Å². The van der Waals surface area contributed by atoms with Gasteiger partial charge in [0.05, 0.1) is 6.04 Å². The third-order valence-corrected chi connectivity index (χ3v) is 5.02. The molecular formula is C21H24N2O2. The highest BCUT2D eigenvalue weighted by Gasteiger charge is 2.41. The van der Waals surface area contributed by atoms with E-state index in [-0.39, 0.29) is 23.8 Å². The van der Waals surface area contributed by atoms with Crippen LogP contribution in [0.15, 0.2) is 54.6 Å². The fourth-order valence-electron chi connectivity index (χ4n) is 3.01. The topological polar surface area (TPSA) is 49.4 Å². The zero-order valence-corrected chi connectivity index (χ0v) is 14.9. The van der Waals surface area contributed by atoms with Gasteiger partial charge in [0.2, 0.25) is 5.91 Å². The molecule has 4 heteroatoms. The molecule has 0 unspecified atom stereocenters. The SMILES string of the molecule is C[C@@H]1C[C@H]1C(=O)N(C)[C@H](C)c1cccc(NC(=O)c2ccccc2)c1. The standard InChI is InChI=1S/C21H24N2O2/c1-14-12-19(14)21(25)23(3)15(2)17-10-7-11-18(13-17)22-20(24)16-8-5-4-6-9-16/h4-11,13-15,19H,12H2,1-3H3,(H,22,24)/t14-,15-,19-/m1/s1. The van der Waals surface area contributed by atoms with Crippen LogP contribution in [0.25, 0.3) is 0 Å². The van der Waals surface area contributed by atoms with Gasteiger partial charge in [-0.15, -0.1) is 0 Å². The molecule has 1 aliphatic carbocycles. The van der Waals surface area contributed by atoms with Gasteiger partial charge >= 0.3 is 0 Å². The third kappa shape index (κ3) is 3.90. The summed E-state index contributed by atoms with van der Waals surface area (Å²) in [5.74, 6) is 0.743. The van der Waals surface area contributed by atoms with Crippen LogP contribution < -0.4 is 5.32 Å². The molecule has 0 aliphatic heterocycles. The third-order valence-electron chi connectivity index (χ3n) is 5.02. The van der Waals surface area contributed by atoms with Crippen LogP contribution in [0, 0.1) is 11.8 Å². The summed E-state index contributed by atoms with van der Waals surface area (Å²) in [5.41, 5.74) is 2.37. The van der Waals surface area contributed by atoms with Gasteiger partial charge in [0.1, 0.15) is 0 Å². The van der Waals surface area contributed by atoms with E-state index in [0.29, 0.717) is 11.5 Å². The number of anilines is 1. The molecule has 1 fully saturated rings. The predicted molar refractivity (Wildman–Crippen MR) is 99.3 cm³/mol. The van der Waals surface area contributed by atoms with Crippen molar-refractivity contribution in [2.24, 2.45) is 11.8 Å². The summed E-state index contributed by atoms with van der Waals surface area (Å²) in [7, 11) is 1.85. The van der Waals surface area contributed by atoms with Crippen molar-refractivity contribution in [2.75, 3.05) is 12.4 Å². The Morgan fingerprint density at radius 1 is 1.12 bits per heavy atom. The van der Waals surface area contributed by atoms with Gasteiger partial charge in [0.15, 0.2) is 0 Å². The molecule has 3 rings (SSSR count). The van der Waals surface area contributed by atoms with E-state index in [1.807, 2.05) is 61.3 Å². The summed E-state index contributed by atoms with van der Waals surface area (Å²) in [6, 6.07) is 16.8. The lowest BCUT2D eigenvalue weighted by Crippen LogP contribution is -2.31. The summed E-state index contributed by atoms with van der Waals surface area (Å²) >= 11 is 0. The Hall–Kier alpha value is -2.62. The van der Waals surface area contributed by atoms with E-state index in [1.54, 1.807) is 12.1 Å². The van der Waals surface area contributed by atoms with E-state index in [2.05, 4.69) is 12.2 Å². The molecule has 0 heterocycles. The van der Waals surface area contributed by atoms with Crippen molar-refractivity contribution >= 4 is 17.5 Å². The second kappa shape index (κ2) is 7.09. The molecular weight excluding hydrogens is 312 g/mol. The molecule has 2 amide bonds. The van der Waals surface area contributed by atoms with Gasteiger partial charge in [-0.05, 0) is 49.1 Å². The summed E-state index contributed by atoms with van der Waals surface area (Å²) in [4.78, 5) is 26.5. The molecule has 0 saturated heterocycles. The highest BCUT2D eigenvalue weighted by molar-refractivity contribution is 6.04. The maximum atomic E-state index is 12.4. The first-order chi connectivity index (χ1) is 12.0. The number of hydrogen-bond acceptors (Lipinski definition) is 2. The van der Waals surface area contributed by atoms with E-state index < -0.39 is 0 Å². The molecule has 2 aromatic carbocycles. The lowest BCUT2D eigenvalue weighted by Gasteiger charge is -2.26. The van der Waals surface area contributed by atoms with Crippen LogP contribution in [0.5, 0.6) is 0 Å². The zero-order valence-electron chi connectivity index (χ0n) is 14.9. The van der Waals surface area contributed by atoms with Gasteiger partial charge in [0, 0.05) is 24.2 Å². The van der Waals surface area contributed by atoms with Gasteiger partial charge in [-0.25, -0.2) is 0 Å². The molecule has 1 saturated carbocycles. The van der Waals surface area contributed by atoms with Gasteiger partial charge in [-0.2, -0.15) is 0 Å². The Morgan fingerprint density at radius 2 is 1.80 bits per heavy atom. The number of amides is 2. The van der Waals surface area contributed by atoms with Crippen LogP contribution in [-0.4, -0.2) is 23.8 Å². The van der Waals surface area contributed by atoms with E-state index in [0.717, 1.165) is 17.7 Å². The van der Waals surface area contributed by atoms with Crippen LogP contribution in [0.1, 0.15) is 42.2 Å². The van der Waals surface area contributed by atoms with Crippen molar-refractivity contribution in [1.82, 2.24) is 4.90 Å². The molecule has 0 aromatic heterocycles. The number of nitrogens with one attached hydrogen (secondary N) is 1. The lowest BCUT2D eigenvalue weighted by molar-refractivity contribution is -0.133. The van der Waals surface area contributed by atoms with Crippen molar-refractivity contribution in [1.29, 1.82) is 0 Å². The van der Waals surface area contributed by atoms with Crippen molar-refractivity contribution in [3.63, 3.8) is 0 Å². The van der Waals surface area contributed by atoms with Gasteiger partial charge in [-0.3, -0.25) is 9.59 Å². The maximum absolute atomic E-state index is 12.4. The Bertz CT molecular complexity index is 772. The van der Waals surface area contributed by atoms with Crippen molar-refractivity contribution in [3.8, 4) is 0 Å². The van der Waals surface area contributed by atoms with E-state index in [4.69, 9.17) is 0 Å². The fourth-order valence-corrected chi connectivity index (χ4v) is 3.01. The van der Waals surface area contributed by atoms with Crippen LogP contribution in [0.4, 0.5) is 5.69 Å². The van der Waals surface area contributed by atoms with Crippen LogP contribution in [0.3, 0.4) is 0 Å². The van der Waals surface area contributed by atoms with Crippen LogP contribution >= 0.6 is 0 Å². The Balaban J connectivity index is 1.70. The van der Waals surface area contributed by atoms with Crippen molar-refractivity contribution < 1.29 is 9.59 Å². The van der Waals surface area contributed by atoms with E-state index in [1.165, 1.54) is 0 Å². The minimum Gasteiger partial charge on any atom is -0.339 e. The van der Waals surface area contributed by atoms with Gasteiger partial charge in [0.25, 0.3) is 5.91 Å². The number of hydrogen-bond donors (Lipinski definition) is 1. The Labute approximate surface area is 148 Å². The largest absolute Gasteiger partial charge is 0.339 e. The number of nitrogens with zero attached hydrogens (tertiary/aromatic N) is 1. The molecule has 4 nitrogen and oxygen atoms in total. The van der Waals surface area contributed by atoms with E-state index >= 15 is 0 Å². The molecule has 0 spiro atoms. The number of carbonyl (C=O) groups excluding carboxylic acids is 2. The Kier molecular flexibility index (Phi) is 4.88. The highest BCUT2D eigenvalue weighted by atomic mass is 16.2. The molecule has 3 atom stereocenters. The average molecular weight is 336 g/mol. The quantitative estimate of drug-likeness (QED) is 0.893. The molecule has 1 aliphatic rings. The summed E-state index contributed by atoms with van der Waals surface area (Å²) in [6.45, 7) is 4.13. The second-order valence-electron chi connectivity index (χ2n) is 6.89. The first-order valence-corrected chi connectivity index (χ1v) is 8.70. The number of benzene rings is 2. The molecule has 0 radical (unpaired) electrons. The van der Waals surface area contributed by atoms with Crippen LogP contribution in [-0.2, 0) is 4.79 Å². The molecule has 130 valence electrons. The molecule has 25 heavy (non-hydrogen) atoms. The zero-order chi connectivity index (χ0) is 18.0. The molecule has 2 aromatic rings. The van der Waals surface area contributed by atoms with Gasteiger partial charge < -0.3 is 10.2 Å². The minimum absolute atomic E-state index is 0.0334. The number of carbonyl (C=O) groups is 2. The smallest absolute Gasteiger partial charge is 0.255 e. The lowest BCUT2D eigenvalue weighted by atomic mass is 10.1. The second-order valence-corrected chi connectivity index (χ2v) is 6.89. The van der Waals surface area contributed by atoms with Crippen molar-refractivity contribution in [2.45, 2.75) is 26.3 Å². The summed E-state index contributed by atoms with van der Waals surface area (Å²) in [6.07, 6.45) is 0.989. The highest BCUT2D eigenvalue weighted by Crippen LogP contribution is 2.40. The molecule has 0 bridgehead atoms. The monoisotopic (exact) mass is 336 g/mol. The minimum atomic E-state index is -0.137. The maximum Gasteiger partial charge on any atom is 0.255 e. The first-order valence-electron chi connectivity index (χ1n) is 8.70. The fraction of sp³-hybridized carbons (Fsp3) is 0.333. The summed E-state index contributed by atoms with van der Waals surface area (Å²) in [5, 5.41) is 2.92. The first kappa shape index (κ1) is 17.2. The predicted octanol–water partition coefficient (Wildman–Crippen LogP) is 4.11.